The quantitative estimate of drug-likeness (QED) is 0.889. The van der Waals surface area contributed by atoms with Crippen LogP contribution in [0, 0.1) is 0 Å². The van der Waals surface area contributed by atoms with Gasteiger partial charge < -0.3 is 10.3 Å². The van der Waals surface area contributed by atoms with Crippen LogP contribution >= 0.6 is 0 Å². The van der Waals surface area contributed by atoms with Gasteiger partial charge in [0.2, 0.25) is 5.91 Å². The first-order chi connectivity index (χ1) is 9.87. The average Bonchev–Trinajstić information content (AvgIpc) is 2.97. The number of imidazole rings is 1. The number of H-pyrrole nitrogens is 1. The normalized spacial score (nSPS) is 22.0. The highest BCUT2D eigenvalue weighted by Gasteiger charge is 2.32. The number of amides is 1. The standard InChI is InChI=1S/C13H19F3N4O/c1-9(12(21)19-8-13(14,15)16)20-6-2-3-10(7-20)11-17-4-5-18-11/h4-5,9-10H,2-3,6-8H2,1H3,(H,17,18)(H,19,21)/t9-,10-/m0/s1. The van der Waals surface area contributed by atoms with Crippen LogP contribution in [0.2, 0.25) is 0 Å². The largest absolute Gasteiger partial charge is 0.405 e. The molecule has 1 aliphatic heterocycles. The summed E-state index contributed by atoms with van der Waals surface area (Å²) in [6, 6.07) is -0.579. The fraction of sp³-hybridized carbons (Fsp3) is 0.692. The van der Waals surface area contributed by atoms with Crippen molar-refractivity contribution in [1.29, 1.82) is 0 Å². The van der Waals surface area contributed by atoms with Crippen molar-refractivity contribution in [3.05, 3.63) is 18.2 Å². The van der Waals surface area contributed by atoms with E-state index in [9.17, 15) is 18.0 Å². The lowest BCUT2D eigenvalue weighted by Gasteiger charge is -2.35. The van der Waals surface area contributed by atoms with Gasteiger partial charge in [-0.15, -0.1) is 0 Å². The molecule has 0 aromatic carbocycles. The molecule has 1 aromatic rings. The Balaban J connectivity index is 1.89. The molecule has 8 heteroatoms. The maximum absolute atomic E-state index is 12.1. The van der Waals surface area contributed by atoms with E-state index in [1.54, 1.807) is 19.3 Å². The van der Waals surface area contributed by atoms with E-state index in [-0.39, 0.29) is 5.92 Å². The lowest BCUT2D eigenvalue weighted by atomic mass is 9.96. The van der Waals surface area contributed by atoms with E-state index in [0.717, 1.165) is 18.7 Å². The van der Waals surface area contributed by atoms with Crippen LogP contribution in [0.5, 0.6) is 0 Å². The first kappa shape index (κ1) is 15.8. The molecule has 1 saturated heterocycles. The van der Waals surface area contributed by atoms with Gasteiger partial charge in [0.1, 0.15) is 12.4 Å². The van der Waals surface area contributed by atoms with Gasteiger partial charge in [-0.05, 0) is 26.3 Å². The molecular formula is C13H19F3N4O. The second-order valence-electron chi connectivity index (χ2n) is 5.32. The highest BCUT2D eigenvalue weighted by molar-refractivity contribution is 5.81. The van der Waals surface area contributed by atoms with E-state index >= 15 is 0 Å². The van der Waals surface area contributed by atoms with E-state index in [0.29, 0.717) is 13.1 Å². The van der Waals surface area contributed by atoms with Gasteiger partial charge in [-0.3, -0.25) is 9.69 Å². The number of nitrogens with zero attached hydrogens (tertiary/aromatic N) is 2. The molecule has 0 unspecified atom stereocenters. The smallest absolute Gasteiger partial charge is 0.348 e. The Morgan fingerprint density at radius 3 is 3.00 bits per heavy atom. The molecule has 0 bridgehead atoms. The van der Waals surface area contributed by atoms with Crippen molar-refractivity contribution in [1.82, 2.24) is 20.2 Å². The molecule has 118 valence electrons. The molecular weight excluding hydrogens is 285 g/mol. The zero-order valence-corrected chi connectivity index (χ0v) is 11.8. The number of rotatable bonds is 4. The van der Waals surface area contributed by atoms with Gasteiger partial charge in [0.15, 0.2) is 0 Å². The van der Waals surface area contributed by atoms with Gasteiger partial charge in [0, 0.05) is 24.9 Å². The van der Waals surface area contributed by atoms with Crippen molar-refractivity contribution in [3.8, 4) is 0 Å². The van der Waals surface area contributed by atoms with Crippen LogP contribution in [0.4, 0.5) is 13.2 Å². The Morgan fingerprint density at radius 1 is 1.62 bits per heavy atom. The number of carbonyl (C=O) groups excluding carboxylic acids is 1. The topological polar surface area (TPSA) is 61.0 Å². The summed E-state index contributed by atoms with van der Waals surface area (Å²) in [6.45, 7) is 1.67. The molecule has 2 rings (SSSR count). The summed E-state index contributed by atoms with van der Waals surface area (Å²) in [5, 5.41) is 1.94. The number of aromatic amines is 1. The molecule has 0 saturated carbocycles. The van der Waals surface area contributed by atoms with Gasteiger partial charge in [-0.2, -0.15) is 13.2 Å². The minimum absolute atomic E-state index is 0.187. The van der Waals surface area contributed by atoms with Crippen molar-refractivity contribution in [2.75, 3.05) is 19.6 Å². The van der Waals surface area contributed by atoms with Crippen LogP contribution in [0.1, 0.15) is 31.5 Å². The van der Waals surface area contributed by atoms with Crippen molar-refractivity contribution in [3.63, 3.8) is 0 Å². The molecule has 2 atom stereocenters. The molecule has 0 aliphatic carbocycles. The summed E-state index contributed by atoms with van der Waals surface area (Å²) in [5.74, 6) is 0.460. The summed E-state index contributed by atoms with van der Waals surface area (Å²) >= 11 is 0. The minimum atomic E-state index is -4.38. The van der Waals surface area contributed by atoms with Crippen LogP contribution in [-0.4, -0.2) is 52.6 Å². The molecule has 2 N–H and O–H groups in total. The predicted molar refractivity (Wildman–Crippen MR) is 70.7 cm³/mol. The highest BCUT2D eigenvalue weighted by atomic mass is 19.4. The average molecular weight is 304 g/mol. The van der Waals surface area contributed by atoms with E-state index in [2.05, 4.69) is 9.97 Å². The van der Waals surface area contributed by atoms with E-state index in [1.807, 2.05) is 10.2 Å². The number of hydrogen-bond acceptors (Lipinski definition) is 3. The lowest BCUT2D eigenvalue weighted by Crippen LogP contribution is -2.50. The number of alkyl halides is 3. The van der Waals surface area contributed by atoms with Crippen molar-refractivity contribution in [2.45, 2.75) is 37.9 Å². The summed E-state index contributed by atoms with van der Waals surface area (Å²) < 4.78 is 36.4. The predicted octanol–water partition coefficient (Wildman–Crippen LogP) is 1.66. The Morgan fingerprint density at radius 2 is 2.38 bits per heavy atom. The van der Waals surface area contributed by atoms with Gasteiger partial charge in [0.25, 0.3) is 0 Å². The summed E-state index contributed by atoms with van der Waals surface area (Å²) in [4.78, 5) is 21.0. The first-order valence-corrected chi connectivity index (χ1v) is 6.94. The van der Waals surface area contributed by atoms with Crippen molar-refractivity contribution in [2.24, 2.45) is 0 Å². The SMILES string of the molecule is C[C@@H](C(=O)NCC(F)(F)F)N1CCC[C@H](c2ncc[nH]2)C1. The summed E-state index contributed by atoms with van der Waals surface area (Å²) in [6.07, 6.45) is 0.888. The van der Waals surface area contributed by atoms with E-state index in [4.69, 9.17) is 0 Å². The third-order valence-corrected chi connectivity index (χ3v) is 3.75. The van der Waals surface area contributed by atoms with Crippen molar-refractivity contribution >= 4 is 5.91 Å². The Kier molecular flexibility index (Phi) is 4.87. The Labute approximate surface area is 120 Å². The minimum Gasteiger partial charge on any atom is -0.348 e. The molecule has 0 spiro atoms. The van der Waals surface area contributed by atoms with Crippen LogP contribution in [0.15, 0.2) is 12.4 Å². The molecule has 1 aromatic heterocycles. The zero-order valence-electron chi connectivity index (χ0n) is 11.8. The maximum Gasteiger partial charge on any atom is 0.405 e. The number of nitrogens with one attached hydrogen (secondary N) is 2. The summed E-state index contributed by atoms with van der Waals surface area (Å²) in [7, 11) is 0. The Bertz CT molecular complexity index is 460. The highest BCUT2D eigenvalue weighted by Crippen LogP contribution is 2.25. The molecule has 1 amide bonds. The number of hydrogen-bond donors (Lipinski definition) is 2. The van der Waals surface area contributed by atoms with Gasteiger partial charge >= 0.3 is 6.18 Å². The van der Waals surface area contributed by atoms with Gasteiger partial charge in [-0.1, -0.05) is 0 Å². The van der Waals surface area contributed by atoms with Crippen LogP contribution < -0.4 is 5.32 Å². The third kappa shape index (κ3) is 4.45. The molecule has 0 radical (unpaired) electrons. The lowest BCUT2D eigenvalue weighted by molar-refractivity contribution is -0.141. The maximum atomic E-state index is 12.1. The van der Waals surface area contributed by atoms with Crippen LogP contribution in [0.25, 0.3) is 0 Å². The second-order valence-corrected chi connectivity index (χ2v) is 5.32. The van der Waals surface area contributed by atoms with Crippen LogP contribution in [0.3, 0.4) is 0 Å². The number of piperidine rings is 1. The number of carbonyl (C=O) groups is 1. The van der Waals surface area contributed by atoms with Crippen molar-refractivity contribution < 1.29 is 18.0 Å². The molecule has 2 heterocycles. The van der Waals surface area contributed by atoms with Gasteiger partial charge in [0.05, 0.1) is 6.04 Å². The number of halogens is 3. The monoisotopic (exact) mass is 304 g/mol. The second kappa shape index (κ2) is 6.46. The zero-order chi connectivity index (χ0) is 15.5. The van der Waals surface area contributed by atoms with E-state index < -0.39 is 24.7 Å². The van der Waals surface area contributed by atoms with Crippen LogP contribution in [-0.2, 0) is 4.79 Å². The first-order valence-electron chi connectivity index (χ1n) is 6.94. The molecule has 1 fully saturated rings. The van der Waals surface area contributed by atoms with Gasteiger partial charge in [-0.25, -0.2) is 4.98 Å². The Hall–Kier alpha value is -1.57. The molecule has 21 heavy (non-hydrogen) atoms. The molecule has 5 nitrogen and oxygen atoms in total. The molecule has 1 aliphatic rings. The fourth-order valence-corrected chi connectivity index (χ4v) is 2.58. The number of likely N-dealkylation sites (tertiary alicyclic amines) is 1. The fourth-order valence-electron chi connectivity index (χ4n) is 2.58. The van der Waals surface area contributed by atoms with E-state index in [1.165, 1.54) is 0 Å². The summed E-state index contributed by atoms with van der Waals surface area (Å²) in [5.41, 5.74) is 0. The third-order valence-electron chi connectivity index (χ3n) is 3.75. The number of aromatic nitrogens is 2.